The number of likely N-dealkylation sites (tertiary alicyclic amines) is 1. The number of amides is 2. The van der Waals surface area contributed by atoms with Crippen molar-refractivity contribution in [3.8, 4) is 0 Å². The zero-order chi connectivity index (χ0) is 31.6. The first kappa shape index (κ1) is 32.4. The maximum absolute atomic E-state index is 13.8. The van der Waals surface area contributed by atoms with Gasteiger partial charge in [0.1, 0.15) is 11.9 Å². The highest BCUT2D eigenvalue weighted by Gasteiger charge is 2.27. The molecule has 0 spiro atoms. The minimum atomic E-state index is -0.728. The molecule has 45 heavy (non-hydrogen) atoms. The lowest BCUT2D eigenvalue weighted by molar-refractivity contribution is -0.130. The molecule has 0 bridgehead atoms. The third-order valence-corrected chi connectivity index (χ3v) is 8.78. The van der Waals surface area contributed by atoms with Gasteiger partial charge in [-0.15, -0.1) is 0 Å². The number of fused-ring (bicyclic) bond motifs is 2. The van der Waals surface area contributed by atoms with Gasteiger partial charge in [0.2, 0.25) is 11.8 Å². The van der Waals surface area contributed by atoms with Crippen molar-refractivity contribution in [1.29, 1.82) is 0 Å². The highest BCUT2D eigenvalue weighted by molar-refractivity contribution is 5.93. The SMILES string of the molecule is CC(C)NC(CCCCN1CCCCC1)C(=O)N[C@@H](Cc1cccc2ccccc12)C(=O)NCc1ccc2c(N)nccc2c1. The molecule has 1 unspecified atom stereocenters. The Morgan fingerprint density at radius 3 is 2.49 bits per heavy atom. The number of piperidine rings is 1. The second kappa shape index (κ2) is 15.8. The molecule has 238 valence electrons. The van der Waals surface area contributed by atoms with Crippen LogP contribution in [0.1, 0.15) is 63.5 Å². The molecule has 1 aliphatic rings. The van der Waals surface area contributed by atoms with E-state index in [1.54, 1.807) is 6.20 Å². The van der Waals surface area contributed by atoms with Crippen LogP contribution in [0.25, 0.3) is 21.5 Å². The number of nitrogens with two attached hydrogens (primary N) is 1. The van der Waals surface area contributed by atoms with Crippen LogP contribution >= 0.6 is 0 Å². The van der Waals surface area contributed by atoms with E-state index in [0.29, 0.717) is 18.8 Å². The Kier molecular flexibility index (Phi) is 11.4. The molecule has 1 aromatic heterocycles. The van der Waals surface area contributed by atoms with Gasteiger partial charge in [-0.2, -0.15) is 0 Å². The fraction of sp³-hybridized carbons (Fsp3) is 0.432. The molecule has 1 saturated heterocycles. The third kappa shape index (κ3) is 9.02. The van der Waals surface area contributed by atoms with Crippen molar-refractivity contribution in [2.75, 3.05) is 25.4 Å². The molecule has 8 heteroatoms. The van der Waals surface area contributed by atoms with Crippen LogP contribution in [-0.2, 0) is 22.6 Å². The number of unbranched alkanes of at least 4 members (excludes halogenated alkanes) is 1. The van der Waals surface area contributed by atoms with E-state index in [1.165, 1.54) is 32.4 Å². The van der Waals surface area contributed by atoms with Crippen LogP contribution < -0.4 is 21.7 Å². The Morgan fingerprint density at radius 1 is 0.867 bits per heavy atom. The number of nitrogen functional groups attached to an aromatic ring is 1. The molecule has 8 nitrogen and oxygen atoms in total. The van der Waals surface area contributed by atoms with Gasteiger partial charge in [0.15, 0.2) is 0 Å². The van der Waals surface area contributed by atoms with Gasteiger partial charge in [-0.05, 0) is 84.7 Å². The largest absolute Gasteiger partial charge is 0.383 e. The van der Waals surface area contributed by atoms with E-state index in [1.807, 2.05) is 48.5 Å². The molecular formula is C37H48N6O2. The van der Waals surface area contributed by atoms with E-state index in [0.717, 1.165) is 58.5 Å². The Morgan fingerprint density at radius 2 is 1.67 bits per heavy atom. The standard InChI is InChI=1S/C37H48N6O2/c1-26(2)41-33(15-6-9-22-43-20-7-3-8-21-43)37(45)42-34(24-29-13-10-12-28-11-4-5-14-31(28)29)36(44)40-25-27-16-17-32-30(23-27)18-19-39-35(32)38/h4-5,10-14,16-19,23,26,33-34,41H,3,6-9,15,20-22,24-25H2,1-2H3,(H2,38,39)(H,40,44)(H,42,45)/t33?,34-/m0/s1. The topological polar surface area (TPSA) is 112 Å². The smallest absolute Gasteiger partial charge is 0.243 e. The summed E-state index contributed by atoms with van der Waals surface area (Å²) < 4.78 is 0. The first-order valence-corrected chi connectivity index (χ1v) is 16.5. The van der Waals surface area contributed by atoms with Gasteiger partial charge in [0.05, 0.1) is 6.04 Å². The number of carbonyl (C=O) groups is 2. The number of carbonyl (C=O) groups excluding carboxylic acids is 2. The second-order valence-corrected chi connectivity index (χ2v) is 12.6. The zero-order valence-electron chi connectivity index (χ0n) is 26.7. The van der Waals surface area contributed by atoms with Crippen molar-refractivity contribution < 1.29 is 9.59 Å². The van der Waals surface area contributed by atoms with Gasteiger partial charge in [-0.1, -0.05) is 81.3 Å². The fourth-order valence-corrected chi connectivity index (χ4v) is 6.40. The van der Waals surface area contributed by atoms with E-state index in [9.17, 15) is 9.59 Å². The Hall–Kier alpha value is -4.01. The van der Waals surface area contributed by atoms with Gasteiger partial charge in [-0.3, -0.25) is 9.59 Å². The minimum Gasteiger partial charge on any atom is -0.383 e. The molecular weight excluding hydrogens is 560 g/mol. The van der Waals surface area contributed by atoms with Gasteiger partial charge in [0, 0.05) is 30.6 Å². The number of pyridine rings is 1. The van der Waals surface area contributed by atoms with Crippen LogP contribution in [0.3, 0.4) is 0 Å². The van der Waals surface area contributed by atoms with Crippen molar-refractivity contribution in [3.05, 3.63) is 84.1 Å². The van der Waals surface area contributed by atoms with E-state index in [-0.39, 0.29) is 23.9 Å². The lowest BCUT2D eigenvalue weighted by atomic mass is 9.97. The van der Waals surface area contributed by atoms with E-state index < -0.39 is 6.04 Å². The van der Waals surface area contributed by atoms with Crippen molar-refractivity contribution in [2.24, 2.45) is 0 Å². The summed E-state index contributed by atoms with van der Waals surface area (Å²) >= 11 is 0. The van der Waals surface area contributed by atoms with E-state index >= 15 is 0 Å². The molecule has 3 aromatic carbocycles. The summed E-state index contributed by atoms with van der Waals surface area (Å²) in [5.41, 5.74) is 8.00. The molecule has 0 radical (unpaired) electrons. The number of benzene rings is 3. The number of nitrogens with zero attached hydrogens (tertiary/aromatic N) is 2. The lowest BCUT2D eigenvalue weighted by Gasteiger charge is -2.27. The lowest BCUT2D eigenvalue weighted by Crippen LogP contribution is -2.54. The second-order valence-electron chi connectivity index (χ2n) is 12.6. The summed E-state index contributed by atoms with van der Waals surface area (Å²) in [5.74, 6) is 0.145. The highest BCUT2D eigenvalue weighted by Crippen LogP contribution is 2.22. The van der Waals surface area contributed by atoms with Crippen LogP contribution in [0.2, 0.25) is 0 Å². The number of hydrogen-bond acceptors (Lipinski definition) is 6. The fourth-order valence-electron chi connectivity index (χ4n) is 6.40. The van der Waals surface area contributed by atoms with E-state index in [4.69, 9.17) is 5.73 Å². The van der Waals surface area contributed by atoms with Crippen molar-refractivity contribution >= 4 is 39.2 Å². The summed E-state index contributed by atoms with van der Waals surface area (Å²) in [6.07, 6.45) is 8.73. The summed E-state index contributed by atoms with van der Waals surface area (Å²) in [6, 6.07) is 21.1. The molecule has 5 N–H and O–H groups in total. The normalized spacial score (nSPS) is 15.3. The molecule has 0 aliphatic carbocycles. The predicted molar refractivity (Wildman–Crippen MR) is 184 cm³/mol. The molecule has 2 atom stereocenters. The average molecular weight is 609 g/mol. The summed E-state index contributed by atoms with van der Waals surface area (Å²) in [5, 5.41) is 13.8. The number of rotatable bonds is 14. The van der Waals surface area contributed by atoms with Gasteiger partial charge in [0.25, 0.3) is 0 Å². The van der Waals surface area contributed by atoms with Crippen molar-refractivity contribution in [2.45, 2.75) is 83.5 Å². The molecule has 1 aliphatic heterocycles. The Bertz CT molecular complexity index is 1580. The van der Waals surface area contributed by atoms with Crippen LogP contribution in [-0.4, -0.2) is 59.5 Å². The molecule has 0 saturated carbocycles. The summed E-state index contributed by atoms with van der Waals surface area (Å²) in [4.78, 5) is 34.3. The Labute approximate surface area is 267 Å². The zero-order valence-corrected chi connectivity index (χ0v) is 26.7. The van der Waals surface area contributed by atoms with Gasteiger partial charge < -0.3 is 26.6 Å². The highest BCUT2D eigenvalue weighted by atomic mass is 16.2. The number of hydrogen-bond donors (Lipinski definition) is 4. The number of nitrogens with one attached hydrogen (secondary N) is 3. The van der Waals surface area contributed by atoms with Crippen molar-refractivity contribution in [1.82, 2.24) is 25.8 Å². The average Bonchev–Trinajstić information content (AvgIpc) is 3.05. The van der Waals surface area contributed by atoms with Crippen LogP contribution in [0.15, 0.2) is 72.9 Å². The first-order chi connectivity index (χ1) is 21.9. The molecule has 1 fully saturated rings. The summed E-state index contributed by atoms with van der Waals surface area (Å²) in [6.45, 7) is 7.90. The van der Waals surface area contributed by atoms with Gasteiger partial charge in [-0.25, -0.2) is 4.98 Å². The molecule has 2 heterocycles. The van der Waals surface area contributed by atoms with Crippen molar-refractivity contribution in [3.63, 3.8) is 0 Å². The molecule has 5 rings (SSSR count). The van der Waals surface area contributed by atoms with Crippen LogP contribution in [0.4, 0.5) is 5.82 Å². The minimum absolute atomic E-state index is 0.129. The number of anilines is 1. The first-order valence-electron chi connectivity index (χ1n) is 16.5. The van der Waals surface area contributed by atoms with Crippen LogP contribution in [0.5, 0.6) is 0 Å². The summed E-state index contributed by atoms with van der Waals surface area (Å²) in [7, 11) is 0. The van der Waals surface area contributed by atoms with E-state index in [2.05, 4.69) is 57.9 Å². The quantitative estimate of drug-likeness (QED) is 0.144. The maximum atomic E-state index is 13.8. The monoisotopic (exact) mass is 608 g/mol. The van der Waals surface area contributed by atoms with Crippen LogP contribution in [0, 0.1) is 0 Å². The number of aromatic nitrogens is 1. The third-order valence-electron chi connectivity index (χ3n) is 8.78. The molecule has 2 amide bonds. The molecule has 4 aromatic rings. The van der Waals surface area contributed by atoms with Gasteiger partial charge >= 0.3 is 0 Å². The maximum Gasteiger partial charge on any atom is 0.243 e. The Balaban J connectivity index is 1.29. The predicted octanol–water partition coefficient (Wildman–Crippen LogP) is 5.34.